The zero-order valence-electron chi connectivity index (χ0n) is 17.3. The van der Waals surface area contributed by atoms with Gasteiger partial charge in [0.05, 0.1) is 18.4 Å². The molecule has 0 amide bonds. The number of hydrogen-bond donors (Lipinski definition) is 2. The molecular weight excluding hydrogens is 428 g/mol. The Morgan fingerprint density at radius 3 is 2.31 bits per heavy atom. The Labute approximate surface area is 187 Å². The lowest BCUT2D eigenvalue weighted by atomic mass is 10.1. The van der Waals surface area contributed by atoms with Gasteiger partial charge in [-0.05, 0) is 52.9 Å². The van der Waals surface area contributed by atoms with Crippen LogP contribution in [-0.2, 0) is 23.1 Å². The highest BCUT2D eigenvalue weighted by molar-refractivity contribution is 7.92. The number of aliphatic hydroxyl groups is 1. The van der Waals surface area contributed by atoms with Crippen LogP contribution in [-0.4, -0.2) is 25.8 Å². The molecule has 0 fully saturated rings. The summed E-state index contributed by atoms with van der Waals surface area (Å²) in [4.78, 5) is 2.63. The molecule has 0 saturated heterocycles. The zero-order valence-corrected chi connectivity index (χ0v) is 18.1. The van der Waals surface area contributed by atoms with Crippen molar-refractivity contribution in [2.45, 2.75) is 19.1 Å². The highest BCUT2D eigenvalue weighted by atomic mass is 32.2. The topological polar surface area (TPSA) is 124 Å². The minimum atomic E-state index is -3.45. The lowest BCUT2D eigenvalue weighted by Crippen LogP contribution is -2.18. The van der Waals surface area contributed by atoms with Crippen LogP contribution < -0.4 is 9.46 Å². The van der Waals surface area contributed by atoms with Crippen molar-refractivity contribution in [3.05, 3.63) is 106 Å². The number of aliphatic hydroxyl groups excluding tert-OH is 1. The first kappa shape index (κ1) is 23.1. The van der Waals surface area contributed by atoms with Crippen molar-refractivity contribution in [3.8, 4) is 5.75 Å². The van der Waals surface area contributed by atoms with E-state index >= 15 is 0 Å². The summed E-state index contributed by atoms with van der Waals surface area (Å²) < 4.78 is 33.0. The van der Waals surface area contributed by atoms with E-state index in [0.29, 0.717) is 30.0 Å². The summed E-state index contributed by atoms with van der Waals surface area (Å²) in [7, 11) is -3.45. The molecule has 9 heteroatoms. The van der Waals surface area contributed by atoms with Crippen LogP contribution in [0.1, 0.15) is 22.8 Å². The SMILES string of the molecule is [N-]=[N+]=NCC(O)c1ccc(OCc2ccc(NS(=O)(=O)CCc3ccccc3)cc2)cc1. The number of nitrogens with zero attached hydrogens (tertiary/aromatic N) is 3. The molecule has 32 heavy (non-hydrogen) atoms. The van der Waals surface area contributed by atoms with Gasteiger partial charge in [-0.15, -0.1) is 0 Å². The molecule has 0 heterocycles. The van der Waals surface area contributed by atoms with Gasteiger partial charge in [0.2, 0.25) is 10.0 Å². The summed E-state index contributed by atoms with van der Waals surface area (Å²) in [6.07, 6.45) is -0.410. The molecule has 166 valence electrons. The average molecular weight is 453 g/mol. The van der Waals surface area contributed by atoms with Crippen LogP contribution in [0.2, 0.25) is 0 Å². The minimum absolute atomic E-state index is 0.00936. The molecule has 0 spiro atoms. The molecule has 3 aromatic carbocycles. The third-order valence-electron chi connectivity index (χ3n) is 4.72. The van der Waals surface area contributed by atoms with Gasteiger partial charge in [-0.3, -0.25) is 4.72 Å². The van der Waals surface area contributed by atoms with Crippen molar-refractivity contribution < 1.29 is 18.3 Å². The van der Waals surface area contributed by atoms with Gasteiger partial charge in [-0.25, -0.2) is 8.42 Å². The predicted molar refractivity (Wildman–Crippen MR) is 124 cm³/mol. The fraction of sp³-hybridized carbons (Fsp3) is 0.217. The van der Waals surface area contributed by atoms with Gasteiger partial charge >= 0.3 is 0 Å². The molecular formula is C23H24N4O4S. The lowest BCUT2D eigenvalue weighted by Gasteiger charge is -2.11. The quantitative estimate of drug-likeness (QED) is 0.251. The first-order valence-electron chi connectivity index (χ1n) is 10.0. The fourth-order valence-corrected chi connectivity index (χ4v) is 4.07. The number of azide groups is 1. The number of benzene rings is 3. The van der Waals surface area contributed by atoms with Gasteiger partial charge in [-0.2, -0.15) is 0 Å². The van der Waals surface area contributed by atoms with E-state index in [1.807, 2.05) is 30.3 Å². The maximum absolute atomic E-state index is 12.3. The second kappa shape index (κ2) is 11.2. The smallest absolute Gasteiger partial charge is 0.233 e. The lowest BCUT2D eigenvalue weighted by molar-refractivity contribution is 0.186. The second-order valence-corrected chi connectivity index (χ2v) is 8.98. The van der Waals surface area contributed by atoms with Gasteiger partial charge < -0.3 is 9.84 Å². The van der Waals surface area contributed by atoms with E-state index in [4.69, 9.17) is 10.3 Å². The molecule has 8 nitrogen and oxygen atoms in total. The van der Waals surface area contributed by atoms with Gasteiger partial charge in [-0.1, -0.05) is 59.7 Å². The maximum atomic E-state index is 12.3. The van der Waals surface area contributed by atoms with E-state index in [2.05, 4.69) is 14.7 Å². The molecule has 0 aromatic heterocycles. The van der Waals surface area contributed by atoms with Crippen LogP contribution in [0.5, 0.6) is 5.75 Å². The summed E-state index contributed by atoms with van der Waals surface area (Å²) in [5.41, 5.74) is 11.3. The van der Waals surface area contributed by atoms with Crippen LogP contribution in [0.3, 0.4) is 0 Å². The first-order valence-corrected chi connectivity index (χ1v) is 11.7. The Kier molecular flexibility index (Phi) is 8.10. The van der Waals surface area contributed by atoms with Gasteiger partial charge in [0, 0.05) is 10.6 Å². The van der Waals surface area contributed by atoms with Crippen molar-refractivity contribution >= 4 is 15.7 Å². The van der Waals surface area contributed by atoms with E-state index in [0.717, 1.165) is 11.1 Å². The summed E-state index contributed by atoms with van der Waals surface area (Å²) >= 11 is 0. The van der Waals surface area contributed by atoms with Crippen LogP contribution in [0.15, 0.2) is 84.0 Å². The average Bonchev–Trinajstić information content (AvgIpc) is 2.81. The van der Waals surface area contributed by atoms with Crippen molar-refractivity contribution in [1.82, 2.24) is 0 Å². The van der Waals surface area contributed by atoms with E-state index in [1.54, 1.807) is 48.5 Å². The normalized spacial score (nSPS) is 11.9. The Hall–Kier alpha value is -3.52. The van der Waals surface area contributed by atoms with Gasteiger partial charge in [0.15, 0.2) is 0 Å². The number of rotatable bonds is 11. The second-order valence-electron chi connectivity index (χ2n) is 7.14. The number of sulfonamides is 1. The molecule has 0 saturated carbocycles. The number of ether oxygens (including phenoxy) is 1. The van der Waals surface area contributed by atoms with Gasteiger partial charge in [0.25, 0.3) is 0 Å². The fourth-order valence-electron chi connectivity index (χ4n) is 2.97. The predicted octanol–water partition coefficient (Wildman–Crippen LogP) is 4.59. The van der Waals surface area contributed by atoms with Crippen molar-refractivity contribution in [2.24, 2.45) is 5.11 Å². The molecule has 0 bridgehead atoms. The van der Waals surface area contributed by atoms with E-state index in [-0.39, 0.29) is 12.3 Å². The Balaban J connectivity index is 1.49. The Morgan fingerprint density at radius 2 is 1.66 bits per heavy atom. The number of hydrogen-bond acceptors (Lipinski definition) is 5. The van der Waals surface area contributed by atoms with E-state index < -0.39 is 16.1 Å². The number of aryl methyl sites for hydroxylation is 1. The van der Waals surface area contributed by atoms with E-state index in [1.165, 1.54) is 0 Å². The van der Waals surface area contributed by atoms with Crippen LogP contribution in [0, 0.1) is 0 Å². The number of anilines is 1. The summed E-state index contributed by atoms with van der Waals surface area (Å²) in [6.45, 7) is 0.278. The molecule has 2 N–H and O–H groups in total. The first-order chi connectivity index (χ1) is 15.4. The molecule has 0 aliphatic rings. The monoisotopic (exact) mass is 452 g/mol. The summed E-state index contributed by atoms with van der Waals surface area (Å²) in [5.74, 6) is 0.630. The molecule has 1 atom stereocenters. The Bertz CT molecular complexity index is 1140. The van der Waals surface area contributed by atoms with Crippen molar-refractivity contribution in [3.63, 3.8) is 0 Å². The largest absolute Gasteiger partial charge is 0.489 e. The molecule has 3 aromatic rings. The van der Waals surface area contributed by atoms with Crippen LogP contribution in [0.25, 0.3) is 10.4 Å². The van der Waals surface area contributed by atoms with Crippen molar-refractivity contribution in [1.29, 1.82) is 0 Å². The van der Waals surface area contributed by atoms with Crippen LogP contribution >= 0.6 is 0 Å². The third kappa shape index (κ3) is 7.31. The molecule has 0 aliphatic heterocycles. The zero-order chi connectivity index (χ0) is 22.8. The molecule has 1 unspecified atom stereocenters. The van der Waals surface area contributed by atoms with Crippen LogP contribution in [0.4, 0.5) is 5.69 Å². The minimum Gasteiger partial charge on any atom is -0.489 e. The standard InChI is InChI=1S/C23H24N4O4S/c24-27-25-16-23(28)20-8-12-22(13-9-20)31-17-19-6-10-21(11-7-19)26-32(29,30)15-14-18-4-2-1-3-5-18/h1-13,23,26,28H,14-17H2. The third-order valence-corrected chi connectivity index (χ3v) is 6.01. The molecule has 3 rings (SSSR count). The molecule has 0 aliphatic carbocycles. The number of nitrogens with one attached hydrogen (secondary N) is 1. The van der Waals surface area contributed by atoms with Gasteiger partial charge in [0.1, 0.15) is 12.4 Å². The Morgan fingerprint density at radius 1 is 0.969 bits per heavy atom. The summed E-state index contributed by atoms with van der Waals surface area (Å²) in [6, 6.07) is 23.4. The summed E-state index contributed by atoms with van der Waals surface area (Å²) in [5, 5.41) is 13.3. The molecule has 0 radical (unpaired) electrons. The highest BCUT2D eigenvalue weighted by Crippen LogP contribution is 2.20. The maximum Gasteiger partial charge on any atom is 0.233 e. The van der Waals surface area contributed by atoms with E-state index in [9.17, 15) is 13.5 Å². The van der Waals surface area contributed by atoms with Crippen molar-refractivity contribution in [2.75, 3.05) is 17.0 Å². The highest BCUT2D eigenvalue weighted by Gasteiger charge is 2.11.